The Morgan fingerprint density at radius 3 is 2.57 bits per heavy atom. The third-order valence-electron chi connectivity index (χ3n) is 4.50. The van der Waals surface area contributed by atoms with E-state index in [4.69, 9.17) is 23.2 Å². The van der Waals surface area contributed by atoms with Crippen LogP contribution < -0.4 is 4.72 Å². The molecule has 3 aromatic heterocycles. The van der Waals surface area contributed by atoms with E-state index in [1.807, 2.05) is 6.92 Å². The van der Waals surface area contributed by atoms with Crippen LogP contribution in [0.1, 0.15) is 48.1 Å². The number of rotatable bonds is 8. The second-order valence-corrected chi connectivity index (χ2v) is 9.41. The van der Waals surface area contributed by atoms with Crippen LogP contribution in [0.3, 0.4) is 0 Å². The number of aromatic nitrogens is 4. The highest BCUT2D eigenvalue weighted by Crippen LogP contribution is 2.21. The Morgan fingerprint density at radius 2 is 1.87 bits per heavy atom. The molecule has 0 aromatic carbocycles. The highest BCUT2D eigenvalue weighted by molar-refractivity contribution is 7.90. The van der Waals surface area contributed by atoms with Crippen LogP contribution in [0, 0.1) is 6.92 Å². The first kappa shape index (κ1) is 22.5. The van der Waals surface area contributed by atoms with Crippen molar-refractivity contribution in [1.82, 2.24) is 24.2 Å². The second kappa shape index (κ2) is 9.28. The first-order valence-corrected chi connectivity index (χ1v) is 11.8. The molecule has 0 spiro atoms. The monoisotopic (exact) mass is 469 g/mol. The molecule has 8 nitrogen and oxygen atoms in total. The molecule has 0 saturated carbocycles. The minimum absolute atomic E-state index is 0.0111. The number of halogens is 2. The van der Waals surface area contributed by atoms with Crippen LogP contribution in [0.15, 0.2) is 24.3 Å². The van der Waals surface area contributed by atoms with Crippen LogP contribution in [-0.4, -0.2) is 39.6 Å². The zero-order chi connectivity index (χ0) is 21.9. The summed E-state index contributed by atoms with van der Waals surface area (Å²) in [5.41, 5.74) is 1.71. The van der Waals surface area contributed by atoms with E-state index in [9.17, 15) is 13.2 Å². The Balaban J connectivity index is 1.88. The van der Waals surface area contributed by atoms with Gasteiger partial charge in [0.15, 0.2) is 5.65 Å². The number of hydrogen-bond donors (Lipinski definition) is 1. The molecule has 0 radical (unpaired) electrons. The maximum atomic E-state index is 12.5. The number of carbonyl (C=O) groups excluding carboxylic acids is 1. The largest absolute Gasteiger partial charge is 0.308 e. The Kier molecular flexibility index (Phi) is 6.95. The SMILES string of the molecule is CCCCCS(=O)(=O)NC(=O)c1ccc2nc(C)n(Cc3ccc(Cl)nc3Cl)c2n1. The lowest BCUT2D eigenvalue weighted by Crippen LogP contribution is -2.33. The molecule has 0 bridgehead atoms. The molecule has 30 heavy (non-hydrogen) atoms. The lowest BCUT2D eigenvalue weighted by atomic mass is 10.3. The molecule has 0 aliphatic rings. The van der Waals surface area contributed by atoms with Crippen molar-refractivity contribution >= 4 is 50.3 Å². The van der Waals surface area contributed by atoms with Gasteiger partial charge in [0.1, 0.15) is 27.3 Å². The number of fused-ring (bicyclic) bond motifs is 1. The van der Waals surface area contributed by atoms with Crippen molar-refractivity contribution < 1.29 is 13.2 Å². The fraction of sp³-hybridized carbons (Fsp3) is 0.368. The maximum absolute atomic E-state index is 12.5. The van der Waals surface area contributed by atoms with E-state index in [0.717, 1.165) is 12.8 Å². The summed E-state index contributed by atoms with van der Waals surface area (Å²) in [6.07, 6.45) is 2.16. The first-order chi connectivity index (χ1) is 14.2. The van der Waals surface area contributed by atoms with Crippen molar-refractivity contribution in [2.24, 2.45) is 0 Å². The number of hydrogen-bond acceptors (Lipinski definition) is 6. The Morgan fingerprint density at radius 1 is 1.10 bits per heavy atom. The first-order valence-electron chi connectivity index (χ1n) is 9.40. The zero-order valence-electron chi connectivity index (χ0n) is 16.5. The lowest BCUT2D eigenvalue weighted by Gasteiger charge is -2.09. The average molecular weight is 470 g/mol. The second-order valence-electron chi connectivity index (χ2n) is 6.83. The Hall–Kier alpha value is -2.23. The number of amides is 1. The molecule has 160 valence electrons. The van der Waals surface area contributed by atoms with E-state index in [-0.39, 0.29) is 21.8 Å². The van der Waals surface area contributed by atoms with Gasteiger partial charge in [-0.3, -0.25) is 4.79 Å². The van der Waals surface area contributed by atoms with Gasteiger partial charge in [0.05, 0.1) is 12.3 Å². The molecule has 0 fully saturated rings. The summed E-state index contributed by atoms with van der Waals surface area (Å²) in [6.45, 7) is 4.10. The van der Waals surface area contributed by atoms with E-state index in [0.29, 0.717) is 35.5 Å². The number of nitrogens with one attached hydrogen (secondary N) is 1. The van der Waals surface area contributed by atoms with Crippen molar-refractivity contribution in [2.45, 2.75) is 39.7 Å². The van der Waals surface area contributed by atoms with E-state index in [1.54, 1.807) is 29.7 Å². The van der Waals surface area contributed by atoms with Gasteiger partial charge in [-0.25, -0.2) is 28.1 Å². The van der Waals surface area contributed by atoms with Crippen molar-refractivity contribution in [3.05, 3.63) is 51.7 Å². The minimum atomic E-state index is -3.72. The number of carbonyl (C=O) groups is 1. The molecule has 0 aliphatic carbocycles. The highest BCUT2D eigenvalue weighted by atomic mass is 35.5. The molecule has 0 aliphatic heterocycles. The number of pyridine rings is 2. The fourth-order valence-corrected chi connectivity index (χ4v) is 4.42. The van der Waals surface area contributed by atoms with Gasteiger partial charge in [0.2, 0.25) is 10.0 Å². The van der Waals surface area contributed by atoms with Crippen LogP contribution in [0.2, 0.25) is 10.3 Å². The van der Waals surface area contributed by atoms with Crippen LogP contribution in [0.4, 0.5) is 0 Å². The zero-order valence-corrected chi connectivity index (χ0v) is 18.9. The standard InChI is InChI=1S/C19H21Cl2N5O3S/c1-3-4-5-10-30(28,29)25-19(27)15-8-7-14-18(23-15)26(12(2)22-14)11-13-6-9-16(20)24-17(13)21/h6-9H,3-5,10-11H2,1-2H3,(H,25,27). The number of imidazole rings is 1. The van der Waals surface area contributed by atoms with Crippen molar-refractivity contribution in [3.63, 3.8) is 0 Å². The van der Waals surface area contributed by atoms with Crippen molar-refractivity contribution in [2.75, 3.05) is 5.75 Å². The van der Waals surface area contributed by atoms with Crippen molar-refractivity contribution in [3.8, 4) is 0 Å². The summed E-state index contributed by atoms with van der Waals surface area (Å²) in [6, 6.07) is 6.47. The third kappa shape index (κ3) is 5.27. The van der Waals surface area contributed by atoms with Gasteiger partial charge in [-0.2, -0.15) is 0 Å². The molecular weight excluding hydrogens is 449 g/mol. The van der Waals surface area contributed by atoms with Crippen LogP contribution in [0.5, 0.6) is 0 Å². The highest BCUT2D eigenvalue weighted by Gasteiger charge is 2.19. The fourth-order valence-electron chi connectivity index (χ4n) is 2.95. The van der Waals surface area contributed by atoms with E-state index < -0.39 is 15.9 Å². The Labute approximate surface area is 184 Å². The smallest absolute Gasteiger partial charge is 0.283 e. The molecule has 11 heteroatoms. The van der Waals surface area contributed by atoms with Gasteiger partial charge in [-0.1, -0.05) is 49.0 Å². The summed E-state index contributed by atoms with van der Waals surface area (Å²) in [5, 5.41) is 0.545. The lowest BCUT2D eigenvalue weighted by molar-refractivity contribution is 0.0977. The molecule has 3 heterocycles. The van der Waals surface area contributed by atoms with Crippen LogP contribution in [-0.2, 0) is 16.6 Å². The van der Waals surface area contributed by atoms with Crippen LogP contribution >= 0.6 is 23.2 Å². The summed E-state index contributed by atoms with van der Waals surface area (Å²) in [7, 11) is -3.72. The molecule has 1 N–H and O–H groups in total. The quantitative estimate of drug-likeness (QED) is 0.397. The normalized spacial score (nSPS) is 11.7. The average Bonchev–Trinajstić information content (AvgIpc) is 2.98. The van der Waals surface area contributed by atoms with Gasteiger partial charge < -0.3 is 4.57 Å². The summed E-state index contributed by atoms with van der Waals surface area (Å²) in [5.74, 6) is -0.216. The van der Waals surface area contributed by atoms with Gasteiger partial charge in [-0.15, -0.1) is 0 Å². The van der Waals surface area contributed by atoms with E-state index in [2.05, 4.69) is 19.7 Å². The van der Waals surface area contributed by atoms with Gasteiger partial charge >= 0.3 is 0 Å². The number of nitrogens with zero attached hydrogens (tertiary/aromatic N) is 4. The molecule has 0 saturated heterocycles. The van der Waals surface area contributed by atoms with Crippen LogP contribution in [0.25, 0.3) is 11.2 Å². The number of unbranched alkanes of at least 4 members (excludes halogenated alkanes) is 2. The van der Waals surface area contributed by atoms with Crippen molar-refractivity contribution in [1.29, 1.82) is 0 Å². The summed E-state index contributed by atoms with van der Waals surface area (Å²) >= 11 is 12.0. The molecule has 3 rings (SSSR count). The number of sulfonamides is 1. The summed E-state index contributed by atoms with van der Waals surface area (Å²) < 4.78 is 28.1. The van der Waals surface area contributed by atoms with Gasteiger partial charge in [0, 0.05) is 5.56 Å². The third-order valence-corrected chi connectivity index (χ3v) is 6.36. The number of aryl methyl sites for hydroxylation is 1. The Bertz CT molecular complexity index is 1190. The van der Waals surface area contributed by atoms with Gasteiger partial charge in [0.25, 0.3) is 5.91 Å². The summed E-state index contributed by atoms with van der Waals surface area (Å²) in [4.78, 5) is 25.3. The predicted molar refractivity (Wildman–Crippen MR) is 116 cm³/mol. The van der Waals surface area contributed by atoms with E-state index in [1.165, 1.54) is 6.07 Å². The van der Waals surface area contributed by atoms with E-state index >= 15 is 0 Å². The molecule has 3 aromatic rings. The molecule has 0 unspecified atom stereocenters. The minimum Gasteiger partial charge on any atom is -0.308 e. The molecular formula is C19H21Cl2N5O3S. The topological polar surface area (TPSA) is 107 Å². The van der Waals surface area contributed by atoms with Gasteiger partial charge in [-0.05, 0) is 31.5 Å². The predicted octanol–water partition coefficient (Wildman–Crippen LogP) is 3.74. The molecule has 1 amide bonds. The maximum Gasteiger partial charge on any atom is 0.283 e. The molecule has 0 atom stereocenters.